The number of rotatable bonds is 15. The van der Waals surface area contributed by atoms with Crippen LogP contribution in [0.25, 0.3) is 0 Å². The van der Waals surface area contributed by atoms with Crippen LogP contribution in [0.1, 0.15) is 66.2 Å². The maximum atomic E-state index is 10.00. The van der Waals surface area contributed by atoms with Crippen molar-refractivity contribution in [2.24, 2.45) is 11.3 Å². The topological polar surface area (TPSA) is 157 Å². The third kappa shape index (κ3) is 18.2. The van der Waals surface area contributed by atoms with E-state index in [1.165, 1.54) is 0 Å². The molecule has 0 aliphatic heterocycles. The summed E-state index contributed by atoms with van der Waals surface area (Å²) in [5, 5.41) is 27.3. The van der Waals surface area contributed by atoms with Gasteiger partial charge in [0.2, 0.25) is 0 Å². The molecule has 0 amide bonds. The van der Waals surface area contributed by atoms with Crippen molar-refractivity contribution in [3.8, 4) is 0 Å². The van der Waals surface area contributed by atoms with E-state index in [9.17, 15) is 30.3 Å². The summed E-state index contributed by atoms with van der Waals surface area (Å²) in [6.07, 6.45) is 5.44. The second kappa shape index (κ2) is 15.8. The van der Waals surface area contributed by atoms with Gasteiger partial charge in [-0.05, 0) is 25.2 Å². The molecule has 160 valence electrons. The summed E-state index contributed by atoms with van der Waals surface area (Å²) in [5.41, 5.74) is -0.713. The molecule has 0 aliphatic carbocycles. The predicted octanol–water partition coefficient (Wildman–Crippen LogP) is 3.62. The van der Waals surface area contributed by atoms with E-state index in [1.54, 1.807) is 6.92 Å². The minimum atomic E-state index is -0.917. The predicted molar refractivity (Wildman–Crippen MR) is 95.2 cm³/mol. The monoisotopic (exact) mass is 397 g/mol. The van der Waals surface area contributed by atoms with Crippen molar-refractivity contribution >= 4 is 0 Å². The molecule has 27 heavy (non-hydrogen) atoms. The molecule has 0 fully saturated rings. The fraction of sp³-hybridized carbons (Fsp3) is 1.00. The SMILES string of the molecule is CCCC(C)(CO[N+](=O)[O-])CO[N+](=O)[O-].CCCC(CCC)CO[N+](=O)[O-]. The average Bonchev–Trinajstić information content (AvgIpc) is 2.57. The summed E-state index contributed by atoms with van der Waals surface area (Å²) in [4.78, 5) is 42.6. The number of nitrogens with zero attached hydrogens (tertiary/aromatic N) is 3. The van der Waals surface area contributed by atoms with Crippen LogP contribution < -0.4 is 0 Å². The van der Waals surface area contributed by atoms with Gasteiger partial charge in [0.1, 0.15) is 13.2 Å². The van der Waals surface area contributed by atoms with Crippen molar-refractivity contribution in [1.29, 1.82) is 0 Å². The van der Waals surface area contributed by atoms with Gasteiger partial charge < -0.3 is 14.5 Å². The highest BCUT2D eigenvalue weighted by Gasteiger charge is 2.27. The molecule has 0 bridgehead atoms. The Morgan fingerprint density at radius 3 is 1.48 bits per heavy atom. The highest BCUT2D eigenvalue weighted by Crippen LogP contribution is 2.24. The van der Waals surface area contributed by atoms with Crippen LogP contribution in [0.4, 0.5) is 0 Å². The molecule has 0 unspecified atom stereocenters. The minimum absolute atomic E-state index is 0.207. The van der Waals surface area contributed by atoms with E-state index in [0.29, 0.717) is 12.3 Å². The van der Waals surface area contributed by atoms with Gasteiger partial charge in [0, 0.05) is 5.41 Å². The largest absolute Gasteiger partial charge is 0.314 e. The van der Waals surface area contributed by atoms with Crippen molar-refractivity contribution in [3.63, 3.8) is 0 Å². The molecule has 0 saturated heterocycles. The van der Waals surface area contributed by atoms with Gasteiger partial charge in [-0.15, -0.1) is 30.3 Å². The van der Waals surface area contributed by atoms with Crippen LogP contribution in [0.3, 0.4) is 0 Å². The van der Waals surface area contributed by atoms with Gasteiger partial charge in [-0.25, -0.2) is 0 Å². The van der Waals surface area contributed by atoms with Gasteiger partial charge in [-0.3, -0.25) is 0 Å². The van der Waals surface area contributed by atoms with Crippen molar-refractivity contribution in [2.75, 3.05) is 19.8 Å². The normalized spacial score (nSPS) is 10.6. The summed E-state index contributed by atoms with van der Waals surface area (Å²) >= 11 is 0. The van der Waals surface area contributed by atoms with Crippen molar-refractivity contribution in [1.82, 2.24) is 0 Å². The zero-order valence-corrected chi connectivity index (χ0v) is 16.5. The molecule has 0 aromatic rings. The maximum absolute atomic E-state index is 10.00. The van der Waals surface area contributed by atoms with Crippen LogP contribution in [-0.2, 0) is 14.5 Å². The highest BCUT2D eigenvalue weighted by atomic mass is 17.0. The molecule has 0 aromatic carbocycles. The van der Waals surface area contributed by atoms with E-state index in [2.05, 4.69) is 28.4 Å². The lowest BCUT2D eigenvalue weighted by Crippen LogP contribution is -2.31. The Bertz CT molecular complexity index is 411. The lowest BCUT2D eigenvalue weighted by molar-refractivity contribution is -0.771. The Labute approximate surface area is 158 Å². The summed E-state index contributed by atoms with van der Waals surface area (Å²) < 4.78 is 0. The van der Waals surface area contributed by atoms with E-state index >= 15 is 0 Å². The Kier molecular flexibility index (Phi) is 15.7. The van der Waals surface area contributed by atoms with Crippen LogP contribution in [0.2, 0.25) is 0 Å². The molecule has 0 spiro atoms. The van der Waals surface area contributed by atoms with Gasteiger partial charge in [-0.2, -0.15) is 0 Å². The molecule has 0 saturated carbocycles. The zero-order chi connectivity index (χ0) is 21.3. The van der Waals surface area contributed by atoms with E-state index < -0.39 is 20.7 Å². The van der Waals surface area contributed by atoms with Crippen LogP contribution in [-0.4, -0.2) is 35.1 Å². The van der Waals surface area contributed by atoms with Gasteiger partial charge in [0.25, 0.3) is 15.3 Å². The first-order valence-electron chi connectivity index (χ1n) is 8.92. The van der Waals surface area contributed by atoms with Crippen LogP contribution in [0.15, 0.2) is 0 Å². The van der Waals surface area contributed by atoms with Crippen LogP contribution in [0.5, 0.6) is 0 Å². The van der Waals surface area contributed by atoms with Gasteiger partial charge in [0.05, 0.1) is 6.61 Å². The van der Waals surface area contributed by atoms with Gasteiger partial charge >= 0.3 is 0 Å². The van der Waals surface area contributed by atoms with Crippen molar-refractivity contribution in [3.05, 3.63) is 30.3 Å². The lowest BCUT2D eigenvalue weighted by Gasteiger charge is -2.26. The first-order chi connectivity index (χ1) is 12.6. The van der Waals surface area contributed by atoms with Gasteiger partial charge in [0.15, 0.2) is 0 Å². The van der Waals surface area contributed by atoms with E-state index in [1.807, 2.05) is 6.92 Å². The average molecular weight is 397 g/mol. The second-order valence-corrected chi connectivity index (χ2v) is 6.52. The maximum Gasteiger partial charge on any atom is 0.294 e. The standard InChI is InChI=1S/C8H17NO3.C7H14N2O6/c1-3-5-8(6-4-2)7-12-9(10)11;1-3-4-7(2,5-14-8(10)11)6-15-9(12)13/h8H,3-7H2,1-2H3;3-6H2,1-2H3. The molecule has 0 rings (SSSR count). The molecule has 0 aromatic heterocycles. The molecule has 12 heteroatoms. The fourth-order valence-electron chi connectivity index (χ4n) is 2.50. The molecule has 12 nitrogen and oxygen atoms in total. The summed E-state index contributed by atoms with van der Waals surface area (Å²) in [6.45, 7) is 7.52. The molecular formula is C15H31N3O9. The minimum Gasteiger partial charge on any atom is -0.314 e. The fourth-order valence-corrected chi connectivity index (χ4v) is 2.50. The Morgan fingerprint density at radius 1 is 0.778 bits per heavy atom. The molecule has 0 atom stereocenters. The third-order valence-corrected chi connectivity index (χ3v) is 3.70. The van der Waals surface area contributed by atoms with Crippen LogP contribution in [0, 0.1) is 41.7 Å². The zero-order valence-electron chi connectivity index (χ0n) is 16.5. The number of hydrogen-bond acceptors (Lipinski definition) is 9. The Balaban J connectivity index is 0. The first kappa shape index (κ1) is 26.8. The third-order valence-electron chi connectivity index (χ3n) is 3.70. The second-order valence-electron chi connectivity index (χ2n) is 6.52. The van der Waals surface area contributed by atoms with Gasteiger partial charge in [-0.1, -0.05) is 47.0 Å². The highest BCUT2D eigenvalue weighted by molar-refractivity contribution is 4.71. The quantitative estimate of drug-likeness (QED) is 0.297. The number of hydrogen-bond donors (Lipinski definition) is 0. The first-order valence-corrected chi connectivity index (χ1v) is 8.92. The molecule has 0 N–H and O–H groups in total. The van der Waals surface area contributed by atoms with Crippen molar-refractivity contribution in [2.45, 2.75) is 66.2 Å². The smallest absolute Gasteiger partial charge is 0.294 e. The van der Waals surface area contributed by atoms with E-state index in [-0.39, 0.29) is 19.8 Å². The summed E-state index contributed by atoms with van der Waals surface area (Å²) in [7, 11) is 0. The van der Waals surface area contributed by atoms with Crippen LogP contribution >= 0.6 is 0 Å². The molecular weight excluding hydrogens is 366 g/mol. The molecule has 0 radical (unpaired) electrons. The van der Waals surface area contributed by atoms with Crippen molar-refractivity contribution < 1.29 is 29.8 Å². The lowest BCUT2D eigenvalue weighted by atomic mass is 9.88. The Morgan fingerprint density at radius 2 is 1.19 bits per heavy atom. The van der Waals surface area contributed by atoms with E-state index in [4.69, 9.17) is 0 Å². The summed E-state index contributed by atoms with van der Waals surface area (Å²) in [5.74, 6) is 0.352. The van der Waals surface area contributed by atoms with E-state index in [0.717, 1.165) is 32.1 Å². The molecule has 0 aliphatic rings. The Hall–Kier alpha value is -2.40. The summed E-state index contributed by atoms with van der Waals surface area (Å²) in [6, 6.07) is 0. The molecule has 0 heterocycles.